The van der Waals surface area contributed by atoms with Gasteiger partial charge in [0.05, 0.1) is 11.3 Å². The fourth-order valence-corrected chi connectivity index (χ4v) is 4.58. The molecule has 2 heterocycles. The molecule has 0 unspecified atom stereocenters. The van der Waals surface area contributed by atoms with Gasteiger partial charge in [0, 0.05) is 47.8 Å². The summed E-state index contributed by atoms with van der Waals surface area (Å²) in [5, 5.41) is 9.76. The number of H-pyrrole nitrogens is 1. The number of nitrogen functional groups attached to an aromatic ring is 1. The maximum atomic E-state index is 13.2. The molecule has 0 aliphatic heterocycles. The van der Waals surface area contributed by atoms with Crippen molar-refractivity contribution in [1.29, 1.82) is 0 Å². The van der Waals surface area contributed by atoms with Crippen molar-refractivity contribution in [3.05, 3.63) is 108 Å². The van der Waals surface area contributed by atoms with Crippen molar-refractivity contribution in [2.24, 2.45) is 0 Å². The molecule has 5 aromatic rings. The Hall–Kier alpha value is -5.37. The van der Waals surface area contributed by atoms with Crippen LogP contribution in [0.2, 0.25) is 0 Å². The Kier molecular flexibility index (Phi) is 7.33. The van der Waals surface area contributed by atoms with Gasteiger partial charge < -0.3 is 26.7 Å². The van der Waals surface area contributed by atoms with Crippen molar-refractivity contribution >= 4 is 39.9 Å². The van der Waals surface area contributed by atoms with Crippen molar-refractivity contribution in [1.82, 2.24) is 15.3 Å². The van der Waals surface area contributed by atoms with E-state index in [9.17, 15) is 9.59 Å². The van der Waals surface area contributed by atoms with E-state index in [2.05, 4.69) is 32.5 Å². The van der Waals surface area contributed by atoms with E-state index < -0.39 is 0 Å². The van der Waals surface area contributed by atoms with Gasteiger partial charge in [0.1, 0.15) is 5.65 Å². The molecule has 6 N–H and O–H groups in total. The lowest BCUT2D eigenvalue weighted by Crippen LogP contribution is -2.22. The molecule has 0 aliphatic carbocycles. The van der Waals surface area contributed by atoms with E-state index in [1.54, 1.807) is 6.20 Å². The number of amides is 2. The van der Waals surface area contributed by atoms with Gasteiger partial charge in [0.15, 0.2) is 0 Å². The first-order valence-corrected chi connectivity index (χ1v) is 12.8. The van der Waals surface area contributed by atoms with Crippen LogP contribution in [-0.4, -0.2) is 28.8 Å². The van der Waals surface area contributed by atoms with Gasteiger partial charge in [0.2, 0.25) is 5.91 Å². The number of benzene rings is 3. The summed E-state index contributed by atoms with van der Waals surface area (Å²) in [6, 6.07) is 23.1. The lowest BCUT2D eigenvalue weighted by Gasteiger charge is -2.12. The Morgan fingerprint density at radius 2 is 1.80 bits per heavy atom. The van der Waals surface area contributed by atoms with E-state index >= 15 is 0 Å². The number of hydrogen-bond donors (Lipinski definition) is 5. The smallest absolute Gasteiger partial charge is 0.253 e. The summed E-state index contributed by atoms with van der Waals surface area (Å²) in [5.41, 5.74) is 14.7. The number of anilines is 3. The van der Waals surface area contributed by atoms with E-state index in [1.165, 1.54) is 6.08 Å². The second kappa shape index (κ2) is 11.2. The van der Waals surface area contributed by atoms with Gasteiger partial charge in [0.25, 0.3) is 5.91 Å². The summed E-state index contributed by atoms with van der Waals surface area (Å²) in [5.74, 6) is -0.521. The summed E-state index contributed by atoms with van der Waals surface area (Å²) in [4.78, 5) is 33.3. The number of aromatic nitrogens is 2. The third kappa shape index (κ3) is 5.42. The van der Waals surface area contributed by atoms with Crippen molar-refractivity contribution in [2.45, 2.75) is 13.5 Å². The summed E-state index contributed by atoms with van der Waals surface area (Å²) in [7, 11) is 1.86. The van der Waals surface area contributed by atoms with Crippen LogP contribution >= 0.6 is 0 Å². The summed E-state index contributed by atoms with van der Waals surface area (Å²) >= 11 is 0. The van der Waals surface area contributed by atoms with Crippen LogP contribution in [0.1, 0.15) is 21.5 Å². The molecule has 0 saturated heterocycles. The van der Waals surface area contributed by atoms with Gasteiger partial charge in [-0.15, -0.1) is 0 Å². The first-order valence-electron chi connectivity index (χ1n) is 12.8. The molecule has 0 fully saturated rings. The Morgan fingerprint density at radius 3 is 2.55 bits per heavy atom. The molecule has 0 atom stereocenters. The number of carbonyl (C=O) groups is 2. The highest BCUT2D eigenvalue weighted by atomic mass is 16.2. The Bertz CT molecular complexity index is 1740. The highest BCUT2D eigenvalue weighted by molar-refractivity contribution is 6.07. The van der Waals surface area contributed by atoms with Crippen molar-refractivity contribution in [3.63, 3.8) is 0 Å². The molecule has 0 spiro atoms. The lowest BCUT2D eigenvalue weighted by atomic mass is 9.96. The summed E-state index contributed by atoms with van der Waals surface area (Å²) < 4.78 is 0. The molecule has 0 saturated carbocycles. The lowest BCUT2D eigenvalue weighted by molar-refractivity contribution is -0.111. The number of hydrogen-bond acceptors (Lipinski definition) is 5. The minimum Gasteiger partial charge on any atom is -0.399 e. The largest absolute Gasteiger partial charge is 0.399 e. The molecule has 0 bridgehead atoms. The average Bonchev–Trinajstić information content (AvgIpc) is 3.36. The monoisotopic (exact) mass is 530 g/mol. The summed E-state index contributed by atoms with van der Waals surface area (Å²) in [6.07, 6.45) is 2.81. The van der Waals surface area contributed by atoms with Crippen LogP contribution in [0.3, 0.4) is 0 Å². The van der Waals surface area contributed by atoms with Gasteiger partial charge >= 0.3 is 0 Å². The highest BCUT2D eigenvalue weighted by Gasteiger charge is 2.19. The molecule has 0 aliphatic rings. The van der Waals surface area contributed by atoms with Gasteiger partial charge in [-0.1, -0.05) is 43.0 Å². The van der Waals surface area contributed by atoms with E-state index in [0.29, 0.717) is 29.1 Å². The Labute approximate surface area is 232 Å². The van der Waals surface area contributed by atoms with Gasteiger partial charge in [-0.05, 0) is 71.7 Å². The fourth-order valence-electron chi connectivity index (χ4n) is 4.58. The quantitative estimate of drug-likeness (QED) is 0.126. The predicted molar refractivity (Wildman–Crippen MR) is 162 cm³/mol. The number of aromatic amines is 1. The molecule has 8 nitrogen and oxygen atoms in total. The van der Waals surface area contributed by atoms with Crippen LogP contribution in [0.25, 0.3) is 33.4 Å². The van der Waals surface area contributed by atoms with E-state index in [-0.39, 0.29) is 11.8 Å². The summed E-state index contributed by atoms with van der Waals surface area (Å²) in [6.45, 7) is 5.86. The molecule has 2 aromatic heterocycles. The third-order valence-corrected chi connectivity index (χ3v) is 6.75. The molecular formula is C32H30N6O2. The van der Waals surface area contributed by atoms with Crippen LogP contribution in [0, 0.1) is 6.92 Å². The minimum atomic E-state index is -0.293. The molecule has 5 rings (SSSR count). The Balaban J connectivity index is 1.58. The van der Waals surface area contributed by atoms with Crippen LogP contribution in [0.15, 0.2) is 91.6 Å². The van der Waals surface area contributed by atoms with Crippen LogP contribution in [0.5, 0.6) is 0 Å². The zero-order chi connectivity index (χ0) is 28.2. The number of fused-ring (bicyclic) bond motifs is 1. The number of nitrogens with zero attached hydrogens (tertiary/aromatic N) is 1. The number of nitrogens with two attached hydrogens (primary N) is 1. The maximum Gasteiger partial charge on any atom is 0.253 e. The topological polar surface area (TPSA) is 125 Å². The van der Waals surface area contributed by atoms with Crippen LogP contribution < -0.4 is 21.7 Å². The first-order chi connectivity index (χ1) is 19.4. The van der Waals surface area contributed by atoms with Crippen LogP contribution in [-0.2, 0) is 11.3 Å². The fraction of sp³-hybridized carbons (Fsp3) is 0.0938. The normalized spacial score (nSPS) is 10.8. The maximum absolute atomic E-state index is 13.2. The predicted octanol–water partition coefficient (Wildman–Crippen LogP) is 5.88. The second-order valence-corrected chi connectivity index (χ2v) is 9.47. The third-order valence-electron chi connectivity index (χ3n) is 6.75. The SMILES string of the molecule is C=CC(=O)Nc1cc(-c2c(-c3ccc(N)cc3)[nH]c3ncc(C(=O)NCc4cccc(NC)c4)cc23)ccc1C. The Morgan fingerprint density at radius 1 is 1.02 bits per heavy atom. The van der Waals surface area contributed by atoms with Gasteiger partial charge in [-0.25, -0.2) is 4.98 Å². The van der Waals surface area contributed by atoms with Crippen molar-refractivity contribution in [3.8, 4) is 22.4 Å². The molecule has 40 heavy (non-hydrogen) atoms. The highest BCUT2D eigenvalue weighted by Crippen LogP contribution is 2.39. The number of carbonyl (C=O) groups excluding carboxylic acids is 2. The van der Waals surface area contributed by atoms with Gasteiger partial charge in [-0.2, -0.15) is 0 Å². The number of rotatable bonds is 8. The van der Waals surface area contributed by atoms with E-state index in [1.807, 2.05) is 86.8 Å². The van der Waals surface area contributed by atoms with Gasteiger partial charge in [-0.3, -0.25) is 9.59 Å². The average molecular weight is 531 g/mol. The molecule has 2 amide bonds. The zero-order valence-electron chi connectivity index (χ0n) is 22.3. The second-order valence-electron chi connectivity index (χ2n) is 9.47. The zero-order valence-corrected chi connectivity index (χ0v) is 22.3. The van der Waals surface area contributed by atoms with Crippen molar-refractivity contribution in [2.75, 3.05) is 23.4 Å². The van der Waals surface area contributed by atoms with Crippen LogP contribution in [0.4, 0.5) is 17.1 Å². The molecule has 3 aromatic carbocycles. The molecule has 8 heteroatoms. The molecule has 0 radical (unpaired) electrons. The molecule has 200 valence electrons. The first kappa shape index (κ1) is 26.2. The minimum absolute atomic E-state index is 0.228. The van der Waals surface area contributed by atoms with E-state index in [4.69, 9.17) is 5.73 Å². The number of pyridine rings is 1. The molecular weight excluding hydrogens is 500 g/mol. The van der Waals surface area contributed by atoms with E-state index in [0.717, 1.165) is 44.6 Å². The van der Waals surface area contributed by atoms with Crippen molar-refractivity contribution < 1.29 is 9.59 Å². The number of aryl methyl sites for hydroxylation is 1. The number of nitrogens with one attached hydrogen (secondary N) is 4. The standard InChI is InChI=1S/C32H30N6O2/c1-4-28(39)37-27-16-22(9-8-19(27)2)29-26-15-23(32(40)36-17-20-6-5-7-25(14-20)34-3)18-35-31(26)38-30(29)21-10-12-24(33)13-11-21/h4-16,18,34H,1,17,33H2,2-3H3,(H,35,38)(H,36,40)(H,37,39).